The van der Waals surface area contributed by atoms with Gasteiger partial charge in [0.15, 0.2) is 11.5 Å². The van der Waals surface area contributed by atoms with E-state index in [9.17, 15) is 9.59 Å². The van der Waals surface area contributed by atoms with Gasteiger partial charge in [-0.1, -0.05) is 47.5 Å². The average Bonchev–Trinajstić information content (AvgIpc) is 2.94. The van der Waals surface area contributed by atoms with Gasteiger partial charge in [-0.25, -0.2) is 10.2 Å². The van der Waals surface area contributed by atoms with Crippen molar-refractivity contribution in [1.82, 2.24) is 5.43 Å². The summed E-state index contributed by atoms with van der Waals surface area (Å²) in [5.74, 6) is 0.366. The maximum Gasteiger partial charge on any atom is 0.343 e. The maximum absolute atomic E-state index is 12.5. The predicted octanol–water partition coefficient (Wildman–Crippen LogP) is 6.95. The second-order valence-electron chi connectivity index (χ2n) is 8.14. The molecule has 4 aromatic carbocycles. The van der Waals surface area contributed by atoms with Crippen molar-refractivity contribution in [2.75, 3.05) is 6.61 Å². The molecule has 4 aromatic rings. The van der Waals surface area contributed by atoms with E-state index in [0.717, 1.165) is 5.56 Å². The van der Waals surface area contributed by atoms with E-state index in [-0.39, 0.29) is 12.4 Å². The largest absolute Gasteiger partial charge is 0.490 e. The van der Waals surface area contributed by atoms with Gasteiger partial charge in [-0.3, -0.25) is 4.79 Å². The van der Waals surface area contributed by atoms with Crippen molar-refractivity contribution in [3.63, 3.8) is 0 Å². The van der Waals surface area contributed by atoms with Gasteiger partial charge in [0.2, 0.25) is 0 Å². The van der Waals surface area contributed by atoms with Crippen LogP contribution >= 0.6 is 23.2 Å². The van der Waals surface area contributed by atoms with E-state index >= 15 is 0 Å². The van der Waals surface area contributed by atoms with E-state index in [0.29, 0.717) is 44.8 Å². The van der Waals surface area contributed by atoms with Crippen LogP contribution in [-0.4, -0.2) is 24.7 Å². The summed E-state index contributed by atoms with van der Waals surface area (Å²) in [7, 11) is 0. The minimum absolute atomic E-state index is 0.264. The molecule has 198 valence electrons. The van der Waals surface area contributed by atoms with Gasteiger partial charge in [0.25, 0.3) is 5.91 Å². The minimum Gasteiger partial charge on any atom is -0.490 e. The first-order valence-electron chi connectivity index (χ1n) is 12.0. The molecule has 0 atom stereocenters. The maximum atomic E-state index is 12.5. The first-order valence-corrected chi connectivity index (χ1v) is 12.7. The second kappa shape index (κ2) is 13.5. The first-order chi connectivity index (χ1) is 18.9. The Morgan fingerprint density at radius 3 is 2.33 bits per heavy atom. The number of esters is 1. The molecule has 0 saturated heterocycles. The van der Waals surface area contributed by atoms with Crippen LogP contribution in [0.4, 0.5) is 0 Å². The highest BCUT2D eigenvalue weighted by Gasteiger charge is 2.13. The fourth-order valence-electron chi connectivity index (χ4n) is 3.42. The number of benzene rings is 4. The van der Waals surface area contributed by atoms with Crippen LogP contribution in [0.5, 0.6) is 17.2 Å². The van der Waals surface area contributed by atoms with Crippen molar-refractivity contribution in [3.8, 4) is 17.2 Å². The van der Waals surface area contributed by atoms with E-state index in [1.807, 2.05) is 13.0 Å². The summed E-state index contributed by atoms with van der Waals surface area (Å²) in [6.07, 6.45) is 1.47. The third-order valence-electron chi connectivity index (χ3n) is 5.39. The smallest absolute Gasteiger partial charge is 0.343 e. The van der Waals surface area contributed by atoms with Gasteiger partial charge in [0, 0.05) is 21.2 Å². The van der Waals surface area contributed by atoms with E-state index < -0.39 is 11.9 Å². The lowest BCUT2D eigenvalue weighted by atomic mass is 10.2. The molecule has 0 aliphatic carbocycles. The van der Waals surface area contributed by atoms with Crippen molar-refractivity contribution >= 4 is 41.3 Å². The van der Waals surface area contributed by atoms with Crippen molar-refractivity contribution in [2.45, 2.75) is 13.5 Å². The van der Waals surface area contributed by atoms with Crippen molar-refractivity contribution < 1.29 is 23.8 Å². The molecule has 0 radical (unpaired) electrons. The summed E-state index contributed by atoms with van der Waals surface area (Å²) in [5, 5.41) is 5.10. The molecule has 0 unspecified atom stereocenters. The molecule has 39 heavy (non-hydrogen) atoms. The molecule has 4 rings (SSSR count). The molecule has 0 spiro atoms. The van der Waals surface area contributed by atoms with Crippen LogP contribution in [0.25, 0.3) is 0 Å². The molecule has 7 nitrogen and oxygen atoms in total. The lowest BCUT2D eigenvalue weighted by molar-refractivity contribution is 0.0728. The van der Waals surface area contributed by atoms with E-state index in [1.54, 1.807) is 84.9 Å². The molecule has 1 N–H and O–H groups in total. The number of halogens is 2. The fraction of sp³-hybridized carbons (Fsp3) is 0.100. The Morgan fingerprint density at radius 1 is 0.846 bits per heavy atom. The molecular weight excluding hydrogens is 539 g/mol. The number of nitrogens with zero attached hydrogens (tertiary/aromatic N) is 1. The molecule has 0 aromatic heterocycles. The highest BCUT2D eigenvalue weighted by molar-refractivity contribution is 6.35. The number of amides is 1. The summed E-state index contributed by atoms with van der Waals surface area (Å²) in [6.45, 7) is 2.46. The van der Waals surface area contributed by atoms with Crippen LogP contribution in [0.1, 0.15) is 38.8 Å². The summed E-state index contributed by atoms with van der Waals surface area (Å²) < 4.78 is 16.9. The van der Waals surface area contributed by atoms with Gasteiger partial charge < -0.3 is 14.2 Å². The van der Waals surface area contributed by atoms with Crippen LogP contribution in [0.15, 0.2) is 96.1 Å². The predicted molar refractivity (Wildman–Crippen MR) is 151 cm³/mol. The van der Waals surface area contributed by atoms with Gasteiger partial charge in [0.05, 0.1) is 18.4 Å². The summed E-state index contributed by atoms with van der Waals surface area (Å²) in [4.78, 5) is 24.9. The van der Waals surface area contributed by atoms with E-state index in [2.05, 4.69) is 10.5 Å². The van der Waals surface area contributed by atoms with E-state index in [4.69, 9.17) is 37.4 Å². The standard InChI is InChI=1S/C30H24Cl2N2O5/c1-2-37-28-16-20(8-15-27(28)39-30(36)22-6-4-3-5-7-22)18-33-34-29(35)21-10-13-25(14-11-21)38-19-23-9-12-24(31)17-26(23)32/h3-18H,2,19H2,1H3,(H,34,35)/b33-18-. The van der Waals surface area contributed by atoms with Gasteiger partial charge in [-0.2, -0.15) is 5.10 Å². The molecule has 9 heteroatoms. The monoisotopic (exact) mass is 562 g/mol. The van der Waals surface area contributed by atoms with Crippen LogP contribution in [0.2, 0.25) is 10.0 Å². The van der Waals surface area contributed by atoms with Crippen molar-refractivity contribution in [3.05, 3.63) is 123 Å². The molecule has 0 heterocycles. The van der Waals surface area contributed by atoms with Gasteiger partial charge in [-0.15, -0.1) is 0 Å². The van der Waals surface area contributed by atoms with Crippen LogP contribution < -0.4 is 19.6 Å². The van der Waals surface area contributed by atoms with Gasteiger partial charge in [0.1, 0.15) is 12.4 Å². The molecule has 0 bridgehead atoms. The number of rotatable bonds is 10. The number of hydrogen-bond acceptors (Lipinski definition) is 6. The zero-order valence-electron chi connectivity index (χ0n) is 20.9. The Hall–Kier alpha value is -4.33. The highest BCUT2D eigenvalue weighted by atomic mass is 35.5. The van der Waals surface area contributed by atoms with Crippen LogP contribution in [0, 0.1) is 0 Å². The second-order valence-corrected chi connectivity index (χ2v) is 8.99. The SMILES string of the molecule is CCOc1cc(/C=N\NC(=O)c2ccc(OCc3ccc(Cl)cc3Cl)cc2)ccc1OC(=O)c1ccccc1. The lowest BCUT2D eigenvalue weighted by Crippen LogP contribution is -2.17. The van der Waals surface area contributed by atoms with Crippen molar-refractivity contribution in [1.29, 1.82) is 0 Å². The number of carbonyl (C=O) groups excluding carboxylic acids is 2. The van der Waals surface area contributed by atoms with Crippen LogP contribution in [0.3, 0.4) is 0 Å². The average molecular weight is 563 g/mol. The molecule has 0 aliphatic heterocycles. The molecule has 0 fully saturated rings. The third kappa shape index (κ3) is 7.83. The highest BCUT2D eigenvalue weighted by Crippen LogP contribution is 2.29. The zero-order chi connectivity index (χ0) is 27.6. The van der Waals surface area contributed by atoms with Gasteiger partial charge >= 0.3 is 5.97 Å². The Bertz CT molecular complexity index is 1470. The van der Waals surface area contributed by atoms with Crippen molar-refractivity contribution in [2.24, 2.45) is 5.10 Å². The van der Waals surface area contributed by atoms with Gasteiger partial charge in [-0.05, 0) is 79.2 Å². The Kier molecular flexibility index (Phi) is 9.56. The lowest BCUT2D eigenvalue weighted by Gasteiger charge is -2.11. The molecule has 1 amide bonds. The number of hydrazone groups is 1. The number of carbonyl (C=O) groups is 2. The van der Waals surface area contributed by atoms with Crippen LogP contribution in [-0.2, 0) is 6.61 Å². The molecule has 0 aliphatic rings. The Morgan fingerprint density at radius 2 is 1.62 bits per heavy atom. The zero-order valence-corrected chi connectivity index (χ0v) is 22.4. The number of hydrogen-bond donors (Lipinski definition) is 1. The third-order valence-corrected chi connectivity index (χ3v) is 5.97. The number of nitrogens with one attached hydrogen (secondary N) is 1. The number of ether oxygens (including phenoxy) is 3. The summed E-state index contributed by atoms with van der Waals surface area (Å²) in [6, 6.07) is 25.5. The fourth-order valence-corrected chi connectivity index (χ4v) is 3.89. The normalized spacial score (nSPS) is 10.7. The van der Waals surface area contributed by atoms with E-state index in [1.165, 1.54) is 6.21 Å². The Balaban J connectivity index is 1.34. The first kappa shape index (κ1) is 27.7. The summed E-state index contributed by atoms with van der Waals surface area (Å²) >= 11 is 12.1. The minimum atomic E-state index is -0.490. The molecular formula is C30H24Cl2N2O5. The topological polar surface area (TPSA) is 86.2 Å². The molecule has 0 saturated carbocycles. The summed E-state index contributed by atoms with van der Waals surface area (Å²) in [5.41, 5.74) is 4.76. The quantitative estimate of drug-likeness (QED) is 0.0977. The Labute approximate surface area is 235 Å².